The van der Waals surface area contributed by atoms with Crippen molar-refractivity contribution in [2.24, 2.45) is 0 Å². The Balaban J connectivity index is 2.22. The van der Waals surface area contributed by atoms with Crippen LogP contribution in [0, 0.1) is 0 Å². The Morgan fingerprint density at radius 2 is 0.766 bits per heavy atom. The average Bonchev–Trinajstić information content (AvgIpc) is 3.43. The molecule has 1 rings (SSSR count). The van der Waals surface area contributed by atoms with Gasteiger partial charge in [0.05, 0.1) is 25.4 Å². The van der Waals surface area contributed by atoms with Crippen molar-refractivity contribution in [1.82, 2.24) is 5.32 Å². The van der Waals surface area contributed by atoms with Crippen molar-refractivity contribution in [3.63, 3.8) is 0 Å². The van der Waals surface area contributed by atoms with E-state index in [0.29, 0.717) is 12.8 Å². The highest BCUT2D eigenvalue weighted by Gasteiger charge is 2.44. The van der Waals surface area contributed by atoms with Gasteiger partial charge in [-0.15, -0.1) is 0 Å². The fraction of sp³-hybridized carbons (Fsp3) is 0.955. The SMILES string of the molecule is CCCCCCCCCCCCCCCCCC/C=C/CCCC(O)C(O)C(COC1OC(CO)C(O)C(O)C1O)NC(=O)C(O)CCCCCCCCCCCCCCCCCCCCCCCCCCCCCCC. The molecule has 1 aliphatic rings. The molecular weight excluding hydrogens is 967 g/mol. The smallest absolute Gasteiger partial charge is 0.249 e. The van der Waals surface area contributed by atoms with E-state index in [1.54, 1.807) is 0 Å². The highest BCUT2D eigenvalue weighted by Crippen LogP contribution is 2.24. The van der Waals surface area contributed by atoms with E-state index in [-0.39, 0.29) is 12.8 Å². The predicted octanol–water partition coefficient (Wildman–Crippen LogP) is 15.5. The van der Waals surface area contributed by atoms with E-state index in [4.69, 9.17) is 9.47 Å². The van der Waals surface area contributed by atoms with Crippen LogP contribution in [0.3, 0.4) is 0 Å². The van der Waals surface area contributed by atoms with Gasteiger partial charge in [0.15, 0.2) is 6.29 Å². The Labute approximate surface area is 474 Å². The molecule has 9 unspecified atom stereocenters. The lowest BCUT2D eigenvalue weighted by atomic mass is 9.98. The van der Waals surface area contributed by atoms with Crippen LogP contribution < -0.4 is 5.32 Å². The molecule has 0 aliphatic carbocycles. The van der Waals surface area contributed by atoms with Crippen molar-refractivity contribution in [3.8, 4) is 0 Å². The molecule has 11 heteroatoms. The molecule has 0 aromatic carbocycles. The number of allylic oxidation sites excluding steroid dienone is 2. The zero-order chi connectivity index (χ0) is 56.1. The maximum absolute atomic E-state index is 13.2. The third kappa shape index (κ3) is 43.2. The van der Waals surface area contributed by atoms with Crippen LogP contribution in [0.15, 0.2) is 12.2 Å². The predicted molar refractivity (Wildman–Crippen MR) is 321 cm³/mol. The van der Waals surface area contributed by atoms with E-state index < -0.39 is 74.2 Å². The average molecular weight is 1100 g/mol. The molecule has 1 heterocycles. The van der Waals surface area contributed by atoms with Crippen LogP contribution in [0.4, 0.5) is 0 Å². The van der Waals surface area contributed by atoms with E-state index in [1.165, 1.54) is 257 Å². The second kappa shape index (κ2) is 55.4. The first-order valence-electron chi connectivity index (χ1n) is 33.6. The van der Waals surface area contributed by atoms with E-state index in [1.807, 2.05) is 0 Å². The zero-order valence-electron chi connectivity index (χ0n) is 50.5. The normalized spacial score (nSPS) is 19.5. The number of nitrogens with one attached hydrogen (secondary N) is 1. The van der Waals surface area contributed by atoms with Crippen LogP contribution in [0.25, 0.3) is 0 Å². The Bertz CT molecular complexity index is 1260. The molecule has 0 radical (unpaired) electrons. The molecule has 77 heavy (non-hydrogen) atoms. The molecule has 9 atom stereocenters. The van der Waals surface area contributed by atoms with Crippen LogP contribution in [0.1, 0.15) is 335 Å². The van der Waals surface area contributed by atoms with Gasteiger partial charge in [-0.3, -0.25) is 4.79 Å². The maximum Gasteiger partial charge on any atom is 0.249 e. The minimum Gasteiger partial charge on any atom is -0.394 e. The molecule has 0 aromatic heterocycles. The molecule has 11 nitrogen and oxygen atoms in total. The first kappa shape index (κ1) is 73.9. The number of carbonyl (C=O) groups is 1. The number of aliphatic hydroxyl groups excluding tert-OH is 7. The Morgan fingerprint density at radius 1 is 0.442 bits per heavy atom. The Morgan fingerprint density at radius 3 is 1.12 bits per heavy atom. The minimum atomic E-state index is -1.67. The molecule has 0 aromatic rings. The van der Waals surface area contributed by atoms with Gasteiger partial charge in [0.25, 0.3) is 0 Å². The van der Waals surface area contributed by atoms with Crippen molar-refractivity contribution >= 4 is 5.91 Å². The summed E-state index contributed by atoms with van der Waals surface area (Å²) >= 11 is 0. The summed E-state index contributed by atoms with van der Waals surface area (Å²) in [7, 11) is 0. The summed E-state index contributed by atoms with van der Waals surface area (Å²) in [6, 6.07) is -1.18. The Kier molecular flexibility index (Phi) is 53.1. The molecule has 0 bridgehead atoms. The molecular formula is C66H129NO10. The Hall–Kier alpha value is -1.15. The van der Waals surface area contributed by atoms with Crippen LogP contribution in [0.2, 0.25) is 0 Å². The van der Waals surface area contributed by atoms with Crippen molar-refractivity contribution in [3.05, 3.63) is 12.2 Å². The number of aliphatic hydroxyl groups is 7. The van der Waals surface area contributed by atoms with Gasteiger partial charge in [0.2, 0.25) is 5.91 Å². The third-order valence-electron chi connectivity index (χ3n) is 16.6. The van der Waals surface area contributed by atoms with Crippen molar-refractivity contribution in [2.45, 2.75) is 390 Å². The summed E-state index contributed by atoms with van der Waals surface area (Å²) in [4.78, 5) is 13.2. The first-order chi connectivity index (χ1) is 37.7. The van der Waals surface area contributed by atoms with Crippen molar-refractivity contribution in [2.75, 3.05) is 13.2 Å². The van der Waals surface area contributed by atoms with Gasteiger partial charge in [0, 0.05) is 0 Å². The van der Waals surface area contributed by atoms with E-state index in [9.17, 15) is 40.5 Å². The molecule has 1 fully saturated rings. The van der Waals surface area contributed by atoms with Gasteiger partial charge in [-0.25, -0.2) is 0 Å². The van der Waals surface area contributed by atoms with Gasteiger partial charge in [0.1, 0.15) is 36.6 Å². The maximum atomic E-state index is 13.2. The second-order valence-electron chi connectivity index (χ2n) is 23.9. The molecule has 458 valence electrons. The van der Waals surface area contributed by atoms with Crippen LogP contribution in [-0.2, 0) is 14.3 Å². The van der Waals surface area contributed by atoms with E-state index in [0.717, 1.165) is 38.5 Å². The number of hydrogen-bond donors (Lipinski definition) is 8. The van der Waals surface area contributed by atoms with Gasteiger partial charge in [-0.2, -0.15) is 0 Å². The molecule has 1 amide bonds. The fourth-order valence-electron chi connectivity index (χ4n) is 11.2. The summed E-state index contributed by atoms with van der Waals surface area (Å²) < 4.78 is 11.2. The monoisotopic (exact) mass is 1100 g/mol. The summed E-state index contributed by atoms with van der Waals surface area (Å²) in [6.45, 7) is 3.50. The lowest BCUT2D eigenvalue weighted by molar-refractivity contribution is -0.303. The number of amides is 1. The second-order valence-corrected chi connectivity index (χ2v) is 23.9. The molecule has 1 saturated heterocycles. The number of hydrogen-bond acceptors (Lipinski definition) is 10. The van der Waals surface area contributed by atoms with Crippen LogP contribution in [-0.4, -0.2) is 110 Å². The minimum absolute atomic E-state index is 0.260. The first-order valence-corrected chi connectivity index (χ1v) is 33.6. The van der Waals surface area contributed by atoms with Crippen molar-refractivity contribution in [1.29, 1.82) is 0 Å². The summed E-state index contributed by atoms with van der Waals surface area (Å²) in [5.41, 5.74) is 0. The van der Waals surface area contributed by atoms with Gasteiger partial charge in [-0.1, -0.05) is 309 Å². The number of rotatable bonds is 59. The fourth-order valence-corrected chi connectivity index (χ4v) is 11.2. The van der Waals surface area contributed by atoms with Gasteiger partial charge >= 0.3 is 0 Å². The molecule has 0 spiro atoms. The topological polar surface area (TPSA) is 189 Å². The third-order valence-corrected chi connectivity index (χ3v) is 16.6. The zero-order valence-corrected chi connectivity index (χ0v) is 50.5. The van der Waals surface area contributed by atoms with Crippen LogP contribution in [0.5, 0.6) is 0 Å². The molecule has 1 aliphatic heterocycles. The summed E-state index contributed by atoms with van der Waals surface area (Å²) in [5.74, 6) is -0.698. The lowest BCUT2D eigenvalue weighted by Crippen LogP contribution is -2.60. The number of carbonyl (C=O) groups excluding carboxylic acids is 1. The largest absolute Gasteiger partial charge is 0.394 e. The highest BCUT2D eigenvalue weighted by molar-refractivity contribution is 5.80. The van der Waals surface area contributed by atoms with Crippen molar-refractivity contribution < 1.29 is 50.0 Å². The molecule has 0 saturated carbocycles. The van der Waals surface area contributed by atoms with Crippen LogP contribution >= 0.6 is 0 Å². The van der Waals surface area contributed by atoms with E-state index in [2.05, 4.69) is 31.3 Å². The standard InChI is InChI=1S/C66H129NO10/c1-3-5-7-9-11-13-15-17-19-21-23-25-26-27-28-29-30-31-32-34-36-38-40-42-44-46-48-50-52-54-59(70)65(75)67-57(56-76-66-64(74)63(73)62(72)60(55-68)77-66)61(71)58(69)53-51-49-47-45-43-41-39-37-35-33-24-22-20-18-16-14-12-10-8-6-4-2/h45,47,57-64,66,68-74H,3-44,46,48-56H2,1-2H3,(H,67,75)/b47-45+. The van der Waals surface area contributed by atoms with E-state index >= 15 is 0 Å². The highest BCUT2D eigenvalue weighted by atomic mass is 16.7. The molecule has 8 N–H and O–H groups in total. The lowest BCUT2D eigenvalue weighted by Gasteiger charge is -2.40. The quantitative estimate of drug-likeness (QED) is 0.0215. The number of ether oxygens (including phenoxy) is 2. The summed E-state index contributed by atoms with van der Waals surface area (Å²) in [5, 5.41) is 76.4. The number of unbranched alkanes of at least 4 members (excludes halogenated alkanes) is 45. The van der Waals surface area contributed by atoms with Gasteiger partial charge in [-0.05, 0) is 38.5 Å². The summed E-state index contributed by atoms with van der Waals surface area (Å²) in [6.07, 6.45) is 55.8. The van der Waals surface area contributed by atoms with Gasteiger partial charge < -0.3 is 50.5 Å².